The number of nitrogens with one attached hydrogen (secondary N) is 1. The summed E-state index contributed by atoms with van der Waals surface area (Å²) in [6, 6.07) is 1.84. The highest BCUT2D eigenvalue weighted by atomic mass is 127. The van der Waals surface area contributed by atoms with Crippen LogP contribution < -0.4 is 11.1 Å². The summed E-state index contributed by atoms with van der Waals surface area (Å²) < 4.78 is 43.5. The Hall–Kier alpha value is -1.64. The van der Waals surface area contributed by atoms with Crippen LogP contribution in [0.2, 0.25) is 0 Å². The molecule has 0 aromatic heterocycles. The van der Waals surface area contributed by atoms with Crippen molar-refractivity contribution >= 4 is 36.3 Å². The topological polar surface area (TPSA) is 55.1 Å². The average molecular weight is 380 g/mol. The highest BCUT2D eigenvalue weighted by Crippen LogP contribution is 2.26. The number of benzene rings is 1. The number of halogens is 4. The van der Waals surface area contributed by atoms with Crippen molar-refractivity contribution in [1.82, 2.24) is 0 Å². The molecule has 100 valence electrons. The van der Waals surface area contributed by atoms with E-state index >= 15 is 0 Å². The first-order valence-corrected chi connectivity index (χ1v) is 7.56. The lowest BCUT2D eigenvalue weighted by Crippen LogP contribution is -2.16. The molecular weight excluding hydrogens is 372 g/mol. The van der Waals surface area contributed by atoms with Gasteiger partial charge in [-0.25, -0.2) is 13.2 Å². The number of allylic oxidation sites excluding steroid dienone is 2. The van der Waals surface area contributed by atoms with Gasteiger partial charge in [0.05, 0.1) is 16.9 Å². The standard InChI is InChI=1S/C12H8F3IN2O/c13-7-2-1-6(12(17)19)11(10(7)15)18-9-3-4-16-5-8(9)14/h1-5,18H,(H2,17,19). The molecule has 1 aliphatic rings. The number of nitrogens with two attached hydrogens (primary N) is 1. The summed E-state index contributed by atoms with van der Waals surface area (Å²) >= 11 is -0.502. The summed E-state index contributed by atoms with van der Waals surface area (Å²) in [5.74, 6) is -3.91. The third kappa shape index (κ3) is 2.86. The number of amides is 1. The number of anilines is 1. The molecule has 0 unspecified atom stereocenters. The molecule has 1 aliphatic heterocycles. The van der Waals surface area contributed by atoms with Crippen molar-refractivity contribution in [3.63, 3.8) is 0 Å². The van der Waals surface area contributed by atoms with E-state index in [2.05, 4.69) is 5.32 Å². The summed E-state index contributed by atoms with van der Waals surface area (Å²) in [6.07, 6.45) is 1.43. The molecule has 2 rings (SSSR count). The van der Waals surface area contributed by atoms with Crippen LogP contribution in [0.5, 0.6) is 0 Å². The SMILES string of the molecule is NC(=O)c1ccc(F)c(F)c1NC1=C(F)C=IC=C1. The van der Waals surface area contributed by atoms with Crippen molar-refractivity contribution in [2.75, 3.05) is 5.32 Å². The van der Waals surface area contributed by atoms with Gasteiger partial charge in [0.25, 0.3) is 5.91 Å². The summed E-state index contributed by atoms with van der Waals surface area (Å²) in [5, 5.41) is 2.38. The number of hydrogen-bond acceptors (Lipinski definition) is 2. The van der Waals surface area contributed by atoms with E-state index in [1.807, 2.05) is 0 Å². The quantitative estimate of drug-likeness (QED) is 0.793. The fourth-order valence-electron chi connectivity index (χ4n) is 1.44. The summed E-state index contributed by atoms with van der Waals surface area (Å²) in [6.45, 7) is 0. The van der Waals surface area contributed by atoms with Gasteiger partial charge in [0.15, 0.2) is 17.5 Å². The van der Waals surface area contributed by atoms with Gasteiger partial charge in [0, 0.05) is 4.01 Å². The summed E-state index contributed by atoms with van der Waals surface area (Å²) in [4.78, 5) is 11.2. The Bertz CT molecular complexity index is 638. The molecule has 0 bridgehead atoms. The van der Waals surface area contributed by atoms with Crippen molar-refractivity contribution in [3.05, 3.63) is 51.0 Å². The molecule has 0 fully saturated rings. The van der Waals surface area contributed by atoms with E-state index in [9.17, 15) is 18.0 Å². The van der Waals surface area contributed by atoms with Gasteiger partial charge in [-0.1, -0.05) is 20.7 Å². The van der Waals surface area contributed by atoms with E-state index < -0.39 is 49.8 Å². The van der Waals surface area contributed by atoms with Crippen LogP contribution in [0, 0.1) is 11.6 Å². The summed E-state index contributed by atoms with van der Waals surface area (Å²) in [7, 11) is 0. The lowest BCUT2D eigenvalue weighted by molar-refractivity contribution is 0.100. The summed E-state index contributed by atoms with van der Waals surface area (Å²) in [5.41, 5.74) is 4.34. The van der Waals surface area contributed by atoms with Gasteiger partial charge in [-0.05, 0) is 22.3 Å². The maximum atomic E-state index is 13.7. The van der Waals surface area contributed by atoms with Gasteiger partial charge < -0.3 is 11.1 Å². The van der Waals surface area contributed by atoms with Crippen LogP contribution in [0.3, 0.4) is 0 Å². The minimum atomic E-state index is -1.27. The molecular formula is C12H8F3IN2O. The number of hydrogen-bond donors (Lipinski definition) is 2. The first-order chi connectivity index (χ1) is 9.00. The molecule has 1 heterocycles. The van der Waals surface area contributed by atoms with Crippen molar-refractivity contribution in [3.8, 4) is 0 Å². The van der Waals surface area contributed by atoms with Crippen LogP contribution in [0.4, 0.5) is 18.9 Å². The fourth-order valence-corrected chi connectivity index (χ4v) is 2.87. The Labute approximate surface area is 116 Å². The Balaban J connectivity index is 2.50. The van der Waals surface area contributed by atoms with Crippen molar-refractivity contribution in [1.29, 1.82) is 0 Å². The second-order valence-electron chi connectivity index (χ2n) is 3.56. The molecule has 0 radical (unpaired) electrons. The number of rotatable bonds is 3. The zero-order valence-electron chi connectivity index (χ0n) is 9.38. The molecule has 3 N–H and O–H groups in total. The number of primary amides is 1. The minimum absolute atomic E-state index is 0.0297. The average Bonchev–Trinajstić information content (AvgIpc) is 2.37. The highest BCUT2D eigenvalue weighted by molar-refractivity contribution is 14.2. The molecule has 7 heteroatoms. The van der Waals surface area contributed by atoms with Gasteiger partial charge in [0.1, 0.15) is 0 Å². The zero-order valence-corrected chi connectivity index (χ0v) is 11.5. The van der Waals surface area contributed by atoms with Crippen LogP contribution in [-0.2, 0) is 0 Å². The van der Waals surface area contributed by atoms with Crippen LogP contribution >= 0.6 is 20.7 Å². The third-order valence-corrected chi connectivity index (χ3v) is 4.02. The van der Waals surface area contributed by atoms with Gasteiger partial charge in [-0.2, -0.15) is 0 Å². The molecule has 0 saturated heterocycles. The highest BCUT2D eigenvalue weighted by Gasteiger charge is 2.18. The van der Waals surface area contributed by atoms with Gasteiger partial charge in [-0.15, -0.1) is 0 Å². The first-order valence-electron chi connectivity index (χ1n) is 5.07. The Morgan fingerprint density at radius 1 is 1.26 bits per heavy atom. The molecule has 3 nitrogen and oxygen atoms in total. The second kappa shape index (κ2) is 5.55. The van der Waals surface area contributed by atoms with Crippen LogP contribution in [0.1, 0.15) is 10.4 Å². The molecule has 19 heavy (non-hydrogen) atoms. The minimum Gasteiger partial charge on any atom is -0.366 e. The zero-order chi connectivity index (χ0) is 14.0. The molecule has 1 amide bonds. The lowest BCUT2D eigenvalue weighted by atomic mass is 10.1. The first kappa shape index (κ1) is 13.8. The van der Waals surface area contributed by atoms with Gasteiger partial charge >= 0.3 is 0 Å². The van der Waals surface area contributed by atoms with E-state index in [0.29, 0.717) is 0 Å². The van der Waals surface area contributed by atoms with E-state index in [1.165, 1.54) is 10.1 Å². The van der Waals surface area contributed by atoms with Crippen LogP contribution in [0.15, 0.2) is 33.8 Å². The number of carbonyl (C=O) groups excluding carboxylic acids is 1. The number of carbonyl (C=O) groups is 1. The van der Waals surface area contributed by atoms with E-state index in [1.54, 1.807) is 4.08 Å². The molecule has 0 aliphatic carbocycles. The predicted octanol–water partition coefficient (Wildman–Crippen LogP) is 2.96. The largest absolute Gasteiger partial charge is 0.366 e. The van der Waals surface area contributed by atoms with Crippen molar-refractivity contribution < 1.29 is 18.0 Å². The molecule has 0 spiro atoms. The lowest BCUT2D eigenvalue weighted by Gasteiger charge is -2.13. The predicted molar refractivity (Wildman–Crippen MR) is 75.9 cm³/mol. The van der Waals surface area contributed by atoms with E-state index in [-0.39, 0.29) is 11.3 Å². The Morgan fingerprint density at radius 3 is 2.63 bits per heavy atom. The van der Waals surface area contributed by atoms with Crippen LogP contribution in [0.25, 0.3) is 0 Å². The fraction of sp³-hybridized carbons (Fsp3) is 0. The van der Waals surface area contributed by atoms with Crippen molar-refractivity contribution in [2.45, 2.75) is 0 Å². The maximum absolute atomic E-state index is 13.7. The molecule has 0 saturated carbocycles. The molecule has 1 aromatic rings. The van der Waals surface area contributed by atoms with Gasteiger partial charge in [-0.3, -0.25) is 4.79 Å². The van der Waals surface area contributed by atoms with Crippen molar-refractivity contribution in [2.24, 2.45) is 5.73 Å². The normalized spacial score (nSPS) is 14.3. The Kier molecular flexibility index (Phi) is 4.03. The molecule has 1 aromatic carbocycles. The third-order valence-electron chi connectivity index (χ3n) is 2.34. The second-order valence-corrected chi connectivity index (χ2v) is 5.62. The molecule has 0 atom stereocenters. The van der Waals surface area contributed by atoms with Crippen LogP contribution in [-0.4, -0.2) is 9.92 Å². The van der Waals surface area contributed by atoms with E-state index in [0.717, 1.165) is 12.1 Å². The monoisotopic (exact) mass is 380 g/mol. The maximum Gasteiger partial charge on any atom is 0.250 e. The smallest absolute Gasteiger partial charge is 0.250 e. The Morgan fingerprint density at radius 2 is 2.00 bits per heavy atom. The van der Waals surface area contributed by atoms with E-state index in [4.69, 9.17) is 5.73 Å². The van der Waals surface area contributed by atoms with Gasteiger partial charge in [0.2, 0.25) is 0 Å².